The lowest BCUT2D eigenvalue weighted by atomic mass is 9.73. The van der Waals surface area contributed by atoms with Gasteiger partial charge in [0.2, 0.25) is 17.7 Å². The molecule has 9 nitrogen and oxygen atoms in total. The van der Waals surface area contributed by atoms with E-state index in [-0.39, 0.29) is 18.9 Å². The monoisotopic (exact) mass is 414 g/mol. The van der Waals surface area contributed by atoms with E-state index in [1.165, 1.54) is 11.9 Å². The summed E-state index contributed by atoms with van der Waals surface area (Å²) in [6, 6.07) is 5.59. The molecule has 0 aromatic heterocycles. The van der Waals surface area contributed by atoms with Crippen LogP contribution < -0.4 is 11.1 Å². The third-order valence-corrected chi connectivity index (χ3v) is 6.68. The second kappa shape index (κ2) is 7.30. The lowest BCUT2D eigenvalue weighted by Gasteiger charge is -2.35. The highest BCUT2D eigenvalue weighted by molar-refractivity contribution is 5.97. The van der Waals surface area contributed by atoms with Gasteiger partial charge in [-0.1, -0.05) is 37.1 Å². The Morgan fingerprint density at radius 2 is 2.03 bits per heavy atom. The van der Waals surface area contributed by atoms with E-state index in [1.807, 2.05) is 24.3 Å². The highest BCUT2D eigenvalue weighted by Crippen LogP contribution is 2.43. The molecule has 2 fully saturated rings. The molecule has 30 heavy (non-hydrogen) atoms. The number of likely N-dealkylation sites (tertiary alicyclic amines) is 1. The fraction of sp³-hybridized carbons (Fsp3) is 0.524. The Hall–Kier alpha value is -3.10. The van der Waals surface area contributed by atoms with E-state index < -0.39 is 35.4 Å². The van der Waals surface area contributed by atoms with Crippen LogP contribution in [-0.2, 0) is 26.3 Å². The third-order valence-electron chi connectivity index (χ3n) is 6.68. The maximum Gasteiger partial charge on any atom is 0.407 e. The summed E-state index contributed by atoms with van der Waals surface area (Å²) in [5.74, 6) is -1.11. The first-order chi connectivity index (χ1) is 14.2. The number of amides is 4. The number of hydrogen-bond donors (Lipinski definition) is 3. The van der Waals surface area contributed by atoms with Crippen molar-refractivity contribution in [3.8, 4) is 0 Å². The van der Waals surface area contributed by atoms with Crippen LogP contribution in [0.1, 0.15) is 36.8 Å². The van der Waals surface area contributed by atoms with Crippen molar-refractivity contribution in [2.24, 2.45) is 11.7 Å². The zero-order valence-electron chi connectivity index (χ0n) is 16.8. The van der Waals surface area contributed by atoms with Crippen molar-refractivity contribution in [3.05, 3.63) is 35.4 Å². The lowest BCUT2D eigenvalue weighted by molar-refractivity contribution is -0.141. The van der Waals surface area contributed by atoms with Crippen molar-refractivity contribution in [3.63, 3.8) is 0 Å². The van der Waals surface area contributed by atoms with Gasteiger partial charge in [0.05, 0.1) is 5.41 Å². The van der Waals surface area contributed by atoms with Crippen molar-refractivity contribution in [1.82, 2.24) is 15.1 Å². The number of nitrogens with one attached hydrogen (secondary N) is 1. The van der Waals surface area contributed by atoms with Gasteiger partial charge in [0.15, 0.2) is 0 Å². The molecule has 3 unspecified atom stereocenters. The molecule has 2 heterocycles. The van der Waals surface area contributed by atoms with Crippen LogP contribution in [0, 0.1) is 5.92 Å². The molecule has 4 amide bonds. The molecule has 1 spiro atoms. The van der Waals surface area contributed by atoms with Crippen LogP contribution in [0.15, 0.2) is 24.3 Å². The summed E-state index contributed by atoms with van der Waals surface area (Å²) in [6.07, 6.45) is 1.19. The number of likely N-dealkylation sites (N-methyl/N-ethyl adjacent to an activating group) is 1. The molecule has 9 heteroatoms. The Morgan fingerprint density at radius 3 is 2.67 bits per heavy atom. The maximum absolute atomic E-state index is 13.5. The van der Waals surface area contributed by atoms with Crippen LogP contribution in [0.4, 0.5) is 4.79 Å². The van der Waals surface area contributed by atoms with Crippen LogP contribution in [0.25, 0.3) is 0 Å². The average molecular weight is 414 g/mol. The standard InChI is InChI=1S/C21H26N4O5/c1-24(20(29)30)15(8-12-6-7-12)18(27)25-11-21(9-16(25)17(22)26)14-5-3-2-4-13(14)10-23-19(21)28/h2-5,12,15-16H,6-11H2,1H3,(H2,22,26)(H,23,28)(H,29,30). The Labute approximate surface area is 174 Å². The highest BCUT2D eigenvalue weighted by Gasteiger charge is 2.56. The first-order valence-corrected chi connectivity index (χ1v) is 10.2. The number of nitrogens with two attached hydrogens (primary N) is 1. The number of fused-ring (bicyclic) bond motifs is 2. The fourth-order valence-corrected chi connectivity index (χ4v) is 4.78. The summed E-state index contributed by atoms with van der Waals surface area (Å²) in [5, 5.41) is 12.3. The van der Waals surface area contributed by atoms with Crippen LogP contribution in [0.5, 0.6) is 0 Å². The van der Waals surface area contributed by atoms with Crippen molar-refractivity contribution >= 4 is 23.8 Å². The number of carbonyl (C=O) groups is 4. The average Bonchev–Trinajstić information content (AvgIpc) is 3.45. The SMILES string of the molecule is CN(C(=O)O)C(CC1CC1)C(=O)N1CC2(CC1C(N)=O)C(=O)NCc1ccccc12. The second-order valence-corrected chi connectivity index (χ2v) is 8.60. The van der Waals surface area contributed by atoms with Crippen LogP contribution >= 0.6 is 0 Å². The molecule has 1 saturated carbocycles. The van der Waals surface area contributed by atoms with Crippen molar-refractivity contribution in [2.75, 3.05) is 13.6 Å². The number of hydrogen-bond acceptors (Lipinski definition) is 4. The van der Waals surface area contributed by atoms with E-state index in [2.05, 4.69) is 5.32 Å². The Morgan fingerprint density at radius 1 is 1.33 bits per heavy atom. The van der Waals surface area contributed by atoms with Gasteiger partial charge < -0.3 is 21.1 Å². The number of benzene rings is 1. The molecule has 4 rings (SSSR count). The second-order valence-electron chi connectivity index (χ2n) is 8.60. The molecule has 2 aliphatic heterocycles. The predicted octanol–water partition coefficient (Wildman–Crippen LogP) is 0.419. The molecule has 1 saturated heterocycles. The van der Waals surface area contributed by atoms with E-state index in [0.717, 1.165) is 28.9 Å². The minimum atomic E-state index is -1.21. The van der Waals surface area contributed by atoms with Crippen molar-refractivity contribution in [1.29, 1.82) is 0 Å². The first kappa shape index (κ1) is 20.2. The Kier molecular flexibility index (Phi) is 4.91. The number of carboxylic acid groups (broad SMARTS) is 1. The van der Waals surface area contributed by atoms with Gasteiger partial charge in [0, 0.05) is 20.1 Å². The van der Waals surface area contributed by atoms with Crippen LogP contribution in [-0.4, -0.2) is 64.4 Å². The van der Waals surface area contributed by atoms with Gasteiger partial charge in [-0.2, -0.15) is 0 Å². The van der Waals surface area contributed by atoms with Gasteiger partial charge in [0.25, 0.3) is 0 Å². The van der Waals surface area contributed by atoms with Gasteiger partial charge in [-0.3, -0.25) is 19.3 Å². The smallest absolute Gasteiger partial charge is 0.407 e. The van der Waals surface area contributed by atoms with Gasteiger partial charge in [-0.15, -0.1) is 0 Å². The van der Waals surface area contributed by atoms with E-state index in [0.29, 0.717) is 18.9 Å². The number of rotatable bonds is 5. The molecular weight excluding hydrogens is 388 g/mol. The zero-order valence-corrected chi connectivity index (χ0v) is 16.8. The first-order valence-electron chi connectivity index (χ1n) is 10.2. The van der Waals surface area contributed by atoms with Gasteiger partial charge in [-0.25, -0.2) is 4.79 Å². The summed E-state index contributed by atoms with van der Waals surface area (Å²) < 4.78 is 0. The molecular formula is C21H26N4O5. The summed E-state index contributed by atoms with van der Waals surface area (Å²) in [7, 11) is 1.36. The topological polar surface area (TPSA) is 133 Å². The molecule has 4 N–H and O–H groups in total. The van der Waals surface area contributed by atoms with Crippen LogP contribution in [0.2, 0.25) is 0 Å². The van der Waals surface area contributed by atoms with E-state index >= 15 is 0 Å². The normalized spacial score (nSPS) is 26.1. The minimum Gasteiger partial charge on any atom is -0.465 e. The maximum atomic E-state index is 13.5. The number of carbonyl (C=O) groups excluding carboxylic acids is 3. The van der Waals surface area contributed by atoms with Crippen molar-refractivity contribution < 1.29 is 24.3 Å². The van der Waals surface area contributed by atoms with E-state index in [1.54, 1.807) is 0 Å². The lowest BCUT2D eigenvalue weighted by Crippen LogP contribution is -2.54. The van der Waals surface area contributed by atoms with Gasteiger partial charge in [0.1, 0.15) is 12.1 Å². The molecule has 0 radical (unpaired) electrons. The fourth-order valence-electron chi connectivity index (χ4n) is 4.78. The molecule has 160 valence electrons. The number of nitrogens with zero attached hydrogens (tertiary/aromatic N) is 2. The number of primary amides is 1. The summed E-state index contributed by atoms with van der Waals surface area (Å²) in [5.41, 5.74) is 6.29. The Balaban J connectivity index is 1.71. The van der Waals surface area contributed by atoms with Crippen molar-refractivity contribution in [2.45, 2.75) is 49.7 Å². The highest BCUT2D eigenvalue weighted by atomic mass is 16.4. The summed E-state index contributed by atoms with van der Waals surface area (Å²) >= 11 is 0. The van der Waals surface area contributed by atoms with Gasteiger partial charge >= 0.3 is 6.09 Å². The largest absolute Gasteiger partial charge is 0.465 e. The summed E-state index contributed by atoms with van der Waals surface area (Å²) in [4.78, 5) is 52.7. The van der Waals surface area contributed by atoms with E-state index in [9.17, 15) is 24.3 Å². The van der Waals surface area contributed by atoms with Gasteiger partial charge in [-0.05, 0) is 29.9 Å². The molecule has 3 aliphatic rings. The zero-order chi connectivity index (χ0) is 21.6. The molecule has 1 aliphatic carbocycles. The molecule has 0 bridgehead atoms. The molecule has 3 atom stereocenters. The minimum absolute atomic E-state index is 0.00306. The third kappa shape index (κ3) is 3.28. The molecule has 1 aromatic rings. The quantitative estimate of drug-likeness (QED) is 0.642. The Bertz CT molecular complexity index is 914. The predicted molar refractivity (Wildman–Crippen MR) is 106 cm³/mol. The summed E-state index contributed by atoms with van der Waals surface area (Å²) in [6.45, 7) is 0.384. The molecule has 1 aromatic carbocycles. The van der Waals surface area contributed by atoms with E-state index in [4.69, 9.17) is 5.73 Å². The van der Waals surface area contributed by atoms with Crippen LogP contribution in [0.3, 0.4) is 0 Å².